The molecule has 84 valence electrons. The van der Waals surface area contributed by atoms with Gasteiger partial charge in [0.15, 0.2) is 0 Å². The molecule has 0 aromatic carbocycles. The average Bonchev–Trinajstić information content (AvgIpc) is 2.23. The average molecular weight is 220 g/mol. The van der Waals surface area contributed by atoms with Gasteiger partial charge in [0.25, 0.3) is 0 Å². The van der Waals surface area contributed by atoms with Gasteiger partial charge in [0.2, 0.25) is 0 Å². The molecule has 0 amide bonds. The van der Waals surface area contributed by atoms with Gasteiger partial charge in [-0.15, -0.1) is 0 Å². The van der Waals surface area contributed by atoms with E-state index in [4.69, 9.17) is 9.53 Å². The van der Waals surface area contributed by atoms with Crippen molar-refractivity contribution in [1.82, 2.24) is 0 Å². The molecule has 1 N–H and O–H groups in total. The van der Waals surface area contributed by atoms with E-state index in [-0.39, 0.29) is 13.2 Å². The van der Waals surface area contributed by atoms with E-state index in [0.29, 0.717) is 0 Å². The second-order valence-corrected chi connectivity index (χ2v) is 3.02. The summed E-state index contributed by atoms with van der Waals surface area (Å²) >= 11 is 0. The van der Waals surface area contributed by atoms with Crippen LogP contribution in [0.2, 0.25) is 0 Å². The highest BCUT2D eigenvalue weighted by Crippen LogP contribution is 1.82. The molecule has 4 nitrogen and oxygen atoms in total. The van der Waals surface area contributed by atoms with Crippen LogP contribution in [0, 0.1) is 0 Å². The zero-order valence-corrected chi connectivity index (χ0v) is 11.0. The summed E-state index contributed by atoms with van der Waals surface area (Å²) in [4.78, 5) is 10.1. The van der Waals surface area contributed by atoms with Gasteiger partial charge in [-0.25, -0.2) is 4.79 Å². The van der Waals surface area contributed by atoms with E-state index >= 15 is 0 Å². The molecule has 0 spiro atoms. The van der Waals surface area contributed by atoms with Crippen molar-refractivity contribution in [3.8, 4) is 0 Å². The molecule has 0 rings (SSSR count). The van der Waals surface area contributed by atoms with Crippen LogP contribution in [0.3, 0.4) is 0 Å². The minimum atomic E-state index is -0.501. The second-order valence-electron chi connectivity index (χ2n) is 2.44. The first-order valence-corrected chi connectivity index (χ1v) is 5.43. The molecule has 0 saturated carbocycles. The van der Waals surface area contributed by atoms with Gasteiger partial charge in [0.1, 0.15) is 17.1 Å². The Kier molecular flexibility index (Phi) is 16.8. The molecular formula is C9H20O4Si. The molecule has 0 bridgehead atoms. The Morgan fingerprint density at radius 2 is 2.21 bits per heavy atom. The predicted octanol–water partition coefficient (Wildman–Crippen LogP) is -0.209. The van der Waals surface area contributed by atoms with Crippen LogP contribution < -0.4 is 0 Å². The normalized spacial score (nSPS) is 8.71. The lowest BCUT2D eigenvalue weighted by molar-refractivity contribution is -0.138. The largest absolute Gasteiger partial charge is 0.460 e. The van der Waals surface area contributed by atoms with Crippen LogP contribution in [0.1, 0.15) is 19.8 Å². The Labute approximate surface area is 88.5 Å². The molecule has 0 aliphatic carbocycles. The number of hydrogen-bond acceptors (Lipinski definition) is 4. The molecule has 0 fully saturated rings. The van der Waals surface area contributed by atoms with E-state index in [1.807, 2.05) is 0 Å². The molecule has 0 aromatic heterocycles. The Balaban J connectivity index is 0. The summed E-state index contributed by atoms with van der Waals surface area (Å²) < 4.78 is 9.25. The van der Waals surface area contributed by atoms with Crippen molar-refractivity contribution < 1.29 is 19.1 Å². The molecule has 0 unspecified atom stereocenters. The topological polar surface area (TPSA) is 55.8 Å². The van der Waals surface area contributed by atoms with Crippen LogP contribution in [-0.2, 0) is 14.0 Å². The van der Waals surface area contributed by atoms with Gasteiger partial charge >= 0.3 is 5.97 Å². The highest BCUT2D eigenvalue weighted by molar-refractivity contribution is 5.97. The number of rotatable bonds is 6. The molecule has 0 heterocycles. The molecule has 0 atom stereocenters. The summed E-state index contributed by atoms with van der Waals surface area (Å²) in [6, 6.07) is 0. The van der Waals surface area contributed by atoms with E-state index in [2.05, 4.69) is 18.2 Å². The number of hydrogen-bond donors (Lipinski definition) is 1. The zero-order valence-electron chi connectivity index (χ0n) is 8.99. The summed E-state index contributed by atoms with van der Waals surface area (Å²) in [6.07, 6.45) is 3.53. The van der Waals surface area contributed by atoms with Crippen LogP contribution >= 0.6 is 0 Å². The number of ether oxygens (including phenoxy) is 1. The van der Waals surface area contributed by atoms with Gasteiger partial charge in [-0.3, -0.25) is 0 Å². The van der Waals surface area contributed by atoms with Crippen LogP contribution in [0.25, 0.3) is 0 Å². The molecular weight excluding hydrogens is 200 g/mol. The Morgan fingerprint density at radius 3 is 2.50 bits per heavy atom. The third kappa shape index (κ3) is 17.4. The van der Waals surface area contributed by atoms with Gasteiger partial charge in [-0.2, -0.15) is 0 Å². The Morgan fingerprint density at radius 1 is 1.57 bits per heavy atom. The maximum Gasteiger partial charge on any atom is 0.330 e. The minimum absolute atomic E-state index is 0.0465. The lowest BCUT2D eigenvalue weighted by Crippen LogP contribution is -2.04. The van der Waals surface area contributed by atoms with Crippen molar-refractivity contribution in [1.29, 1.82) is 0 Å². The zero-order chi connectivity index (χ0) is 11.2. The highest BCUT2D eigenvalue weighted by Gasteiger charge is 1.90. The van der Waals surface area contributed by atoms with Crippen molar-refractivity contribution >= 4 is 16.5 Å². The number of carbonyl (C=O) groups excluding carboxylic acids is 1. The number of esters is 1. The lowest BCUT2D eigenvalue weighted by atomic mass is 10.4. The van der Waals surface area contributed by atoms with E-state index < -0.39 is 5.97 Å². The highest BCUT2D eigenvalue weighted by atomic mass is 28.2. The van der Waals surface area contributed by atoms with Gasteiger partial charge in [0, 0.05) is 12.7 Å². The maximum absolute atomic E-state index is 10.1. The molecule has 0 radical (unpaired) electrons. The summed E-state index contributed by atoms with van der Waals surface area (Å²) in [5.74, 6) is -0.501. The Hall–Kier alpha value is -0.653. The van der Waals surface area contributed by atoms with E-state index in [9.17, 15) is 4.79 Å². The molecule has 5 heteroatoms. The van der Waals surface area contributed by atoms with E-state index in [1.54, 1.807) is 0 Å². The third-order valence-electron chi connectivity index (χ3n) is 1.20. The summed E-state index contributed by atoms with van der Waals surface area (Å²) in [5, 5.41) is 8.10. The number of aliphatic hydroxyl groups is 1. The number of carbonyl (C=O) groups is 1. The quantitative estimate of drug-likeness (QED) is 0.291. The SMILES string of the molecule is C=CC(=O)OCCO.CCCCO[SiH3]. The van der Waals surface area contributed by atoms with Gasteiger partial charge in [-0.05, 0) is 6.42 Å². The molecule has 0 aliphatic heterocycles. The van der Waals surface area contributed by atoms with Crippen LogP contribution in [0.5, 0.6) is 0 Å². The van der Waals surface area contributed by atoms with Crippen molar-refractivity contribution in [2.24, 2.45) is 0 Å². The first-order valence-electron chi connectivity index (χ1n) is 4.61. The molecule has 14 heavy (non-hydrogen) atoms. The van der Waals surface area contributed by atoms with Crippen molar-refractivity contribution in [3.05, 3.63) is 12.7 Å². The molecule has 0 aliphatic rings. The fourth-order valence-electron chi connectivity index (χ4n) is 0.494. The monoisotopic (exact) mass is 220 g/mol. The van der Waals surface area contributed by atoms with Gasteiger partial charge in [0.05, 0.1) is 6.61 Å². The smallest absolute Gasteiger partial charge is 0.330 e. The summed E-state index contributed by atoms with van der Waals surface area (Å²) in [5.41, 5.74) is 0. The van der Waals surface area contributed by atoms with E-state index in [1.165, 1.54) is 12.8 Å². The minimum Gasteiger partial charge on any atom is -0.460 e. The fraction of sp³-hybridized carbons (Fsp3) is 0.667. The molecule has 0 saturated heterocycles. The summed E-state index contributed by atoms with van der Waals surface area (Å²) in [6.45, 7) is 6.21. The molecule has 0 aromatic rings. The third-order valence-corrected chi connectivity index (χ3v) is 1.61. The summed E-state index contributed by atoms with van der Waals surface area (Å²) in [7, 11) is 0.903. The van der Waals surface area contributed by atoms with Crippen LogP contribution in [0.4, 0.5) is 0 Å². The standard InChI is InChI=1S/C5H8O3.C4H12OSi/c1-2-5(7)8-4-3-6;1-2-3-4-5-6/h2,6H,1,3-4H2;2-4H2,1,6H3. The van der Waals surface area contributed by atoms with Crippen molar-refractivity contribution in [2.45, 2.75) is 19.8 Å². The first-order chi connectivity index (χ1) is 6.72. The number of unbranched alkanes of at least 4 members (excludes halogenated alkanes) is 1. The Bertz CT molecular complexity index is 135. The maximum atomic E-state index is 10.1. The van der Waals surface area contributed by atoms with Gasteiger partial charge in [-0.1, -0.05) is 19.9 Å². The first kappa shape index (κ1) is 15.8. The number of aliphatic hydroxyl groups excluding tert-OH is 1. The predicted molar refractivity (Wildman–Crippen MR) is 59.0 cm³/mol. The van der Waals surface area contributed by atoms with E-state index in [0.717, 1.165) is 23.2 Å². The van der Waals surface area contributed by atoms with Crippen molar-refractivity contribution in [2.75, 3.05) is 19.8 Å². The second kappa shape index (κ2) is 14.8. The van der Waals surface area contributed by atoms with Crippen LogP contribution in [-0.4, -0.2) is 41.4 Å². The van der Waals surface area contributed by atoms with Crippen molar-refractivity contribution in [3.63, 3.8) is 0 Å². The lowest BCUT2D eigenvalue weighted by Gasteiger charge is -1.94. The fourth-order valence-corrected chi connectivity index (χ4v) is 0.783. The van der Waals surface area contributed by atoms with Gasteiger partial charge < -0.3 is 14.3 Å². The van der Waals surface area contributed by atoms with Crippen LogP contribution in [0.15, 0.2) is 12.7 Å².